The summed E-state index contributed by atoms with van der Waals surface area (Å²) in [5.74, 6) is 2.07. The van der Waals surface area contributed by atoms with Crippen molar-refractivity contribution in [2.24, 2.45) is 0 Å². The van der Waals surface area contributed by atoms with E-state index in [0.29, 0.717) is 5.57 Å². The molecule has 0 fully saturated rings. The van der Waals surface area contributed by atoms with Gasteiger partial charge in [-0.1, -0.05) is 36.3 Å². The molecular formula is C15H16O2. The van der Waals surface area contributed by atoms with Gasteiger partial charge in [-0.2, -0.15) is 0 Å². The average molecular weight is 228 g/mol. The van der Waals surface area contributed by atoms with Gasteiger partial charge >= 0.3 is 5.97 Å². The molecule has 2 nitrogen and oxygen atoms in total. The third kappa shape index (κ3) is 4.56. The van der Waals surface area contributed by atoms with E-state index < -0.39 is 11.6 Å². The number of hydrogen-bond donors (Lipinski definition) is 0. The monoisotopic (exact) mass is 228 g/mol. The van der Waals surface area contributed by atoms with Crippen molar-refractivity contribution >= 4 is 11.5 Å². The van der Waals surface area contributed by atoms with Crippen LogP contribution in [0.4, 0.5) is 0 Å². The van der Waals surface area contributed by atoms with E-state index in [2.05, 4.69) is 5.92 Å². The summed E-state index contributed by atoms with van der Waals surface area (Å²) in [7, 11) is 0. The van der Waals surface area contributed by atoms with Gasteiger partial charge in [-0.05, 0) is 26.3 Å². The van der Waals surface area contributed by atoms with Crippen molar-refractivity contribution in [3.8, 4) is 12.3 Å². The van der Waals surface area contributed by atoms with E-state index in [9.17, 15) is 4.79 Å². The fraction of sp³-hybridized carbons (Fsp3) is 0.267. The van der Waals surface area contributed by atoms with Crippen LogP contribution in [0.1, 0.15) is 26.3 Å². The van der Waals surface area contributed by atoms with Gasteiger partial charge in [-0.3, -0.25) is 0 Å². The second kappa shape index (κ2) is 5.36. The van der Waals surface area contributed by atoms with Gasteiger partial charge in [0.1, 0.15) is 5.60 Å². The Morgan fingerprint density at radius 3 is 2.35 bits per heavy atom. The van der Waals surface area contributed by atoms with Gasteiger partial charge in [0.25, 0.3) is 0 Å². The Morgan fingerprint density at radius 1 is 1.29 bits per heavy atom. The highest BCUT2D eigenvalue weighted by Gasteiger charge is 2.15. The highest BCUT2D eigenvalue weighted by atomic mass is 16.6. The van der Waals surface area contributed by atoms with Crippen molar-refractivity contribution in [1.82, 2.24) is 0 Å². The SMILES string of the molecule is C#CC(=CC(=O)OC(C)(C)C)c1ccccc1. The third-order valence-electron chi connectivity index (χ3n) is 1.91. The summed E-state index contributed by atoms with van der Waals surface area (Å²) < 4.78 is 5.18. The van der Waals surface area contributed by atoms with E-state index in [1.54, 1.807) is 0 Å². The van der Waals surface area contributed by atoms with Crippen LogP contribution in [-0.2, 0) is 9.53 Å². The maximum Gasteiger partial charge on any atom is 0.332 e. The smallest absolute Gasteiger partial charge is 0.332 e. The summed E-state index contributed by atoms with van der Waals surface area (Å²) in [5.41, 5.74) is 0.852. The Hall–Kier alpha value is -2.01. The summed E-state index contributed by atoms with van der Waals surface area (Å²) in [4.78, 5) is 11.6. The number of rotatable bonds is 2. The highest BCUT2D eigenvalue weighted by molar-refractivity contribution is 5.96. The normalized spacial score (nSPS) is 11.8. The molecule has 0 bridgehead atoms. The highest BCUT2D eigenvalue weighted by Crippen LogP contribution is 2.14. The lowest BCUT2D eigenvalue weighted by Gasteiger charge is -2.18. The second-order valence-electron chi connectivity index (χ2n) is 4.60. The molecule has 2 heteroatoms. The van der Waals surface area contributed by atoms with Crippen LogP contribution >= 0.6 is 0 Å². The molecule has 0 amide bonds. The molecule has 0 heterocycles. The predicted octanol–water partition coefficient (Wildman–Crippen LogP) is 3.04. The van der Waals surface area contributed by atoms with Gasteiger partial charge < -0.3 is 4.74 Å². The maximum absolute atomic E-state index is 11.6. The molecule has 1 aromatic carbocycles. The summed E-state index contributed by atoms with van der Waals surface area (Å²) in [6, 6.07) is 9.35. The minimum Gasteiger partial charge on any atom is -0.457 e. The van der Waals surface area contributed by atoms with E-state index in [1.807, 2.05) is 51.1 Å². The minimum atomic E-state index is -0.510. The molecule has 0 aliphatic rings. The van der Waals surface area contributed by atoms with Gasteiger partial charge in [0, 0.05) is 11.6 Å². The lowest BCUT2D eigenvalue weighted by atomic mass is 10.1. The molecule has 0 radical (unpaired) electrons. The summed E-state index contributed by atoms with van der Waals surface area (Å²) >= 11 is 0. The lowest BCUT2D eigenvalue weighted by molar-refractivity contribution is -0.148. The zero-order valence-corrected chi connectivity index (χ0v) is 10.4. The van der Waals surface area contributed by atoms with Crippen LogP contribution in [0.2, 0.25) is 0 Å². The summed E-state index contributed by atoms with van der Waals surface area (Å²) in [6.07, 6.45) is 6.74. The molecule has 0 saturated carbocycles. The lowest BCUT2D eigenvalue weighted by Crippen LogP contribution is -2.22. The number of ether oxygens (including phenoxy) is 1. The van der Waals surface area contributed by atoms with Crippen LogP contribution in [0.3, 0.4) is 0 Å². The molecule has 0 aliphatic carbocycles. The Bertz CT molecular complexity index is 456. The Balaban J connectivity index is 2.90. The maximum atomic E-state index is 11.6. The van der Waals surface area contributed by atoms with E-state index in [4.69, 9.17) is 11.2 Å². The van der Waals surface area contributed by atoms with Crippen LogP contribution in [-0.4, -0.2) is 11.6 Å². The molecular weight excluding hydrogens is 212 g/mol. The number of esters is 1. The van der Waals surface area contributed by atoms with Gasteiger partial charge in [0.2, 0.25) is 0 Å². The van der Waals surface area contributed by atoms with Crippen molar-refractivity contribution < 1.29 is 9.53 Å². The second-order valence-corrected chi connectivity index (χ2v) is 4.60. The number of allylic oxidation sites excluding steroid dienone is 1. The quantitative estimate of drug-likeness (QED) is 0.442. The molecule has 0 saturated heterocycles. The fourth-order valence-electron chi connectivity index (χ4n) is 1.28. The number of terminal acetylenes is 1. The van der Waals surface area contributed by atoms with E-state index in [1.165, 1.54) is 6.08 Å². The van der Waals surface area contributed by atoms with Crippen molar-refractivity contribution in [3.63, 3.8) is 0 Å². The summed E-state index contributed by atoms with van der Waals surface area (Å²) in [5, 5.41) is 0. The zero-order chi connectivity index (χ0) is 12.9. The summed E-state index contributed by atoms with van der Waals surface area (Å²) in [6.45, 7) is 5.45. The zero-order valence-electron chi connectivity index (χ0n) is 10.4. The molecule has 88 valence electrons. The standard InChI is InChI=1S/C15H16O2/c1-5-12(13-9-7-6-8-10-13)11-14(16)17-15(2,3)4/h1,6-11H,2-4H3. The van der Waals surface area contributed by atoms with Crippen LogP contribution in [0.15, 0.2) is 36.4 Å². The van der Waals surface area contributed by atoms with Crippen LogP contribution < -0.4 is 0 Å². The number of carbonyl (C=O) groups is 1. The molecule has 0 unspecified atom stereocenters. The van der Waals surface area contributed by atoms with E-state index >= 15 is 0 Å². The van der Waals surface area contributed by atoms with Gasteiger partial charge in [-0.25, -0.2) is 4.79 Å². The van der Waals surface area contributed by atoms with Crippen molar-refractivity contribution in [1.29, 1.82) is 0 Å². The van der Waals surface area contributed by atoms with Crippen LogP contribution in [0, 0.1) is 12.3 Å². The number of benzene rings is 1. The van der Waals surface area contributed by atoms with Gasteiger partial charge in [-0.15, -0.1) is 6.42 Å². The number of hydrogen-bond acceptors (Lipinski definition) is 2. The molecule has 0 spiro atoms. The largest absolute Gasteiger partial charge is 0.457 e. The first-order chi connectivity index (χ1) is 7.92. The first kappa shape index (κ1) is 13.1. The average Bonchev–Trinajstić information content (AvgIpc) is 2.24. The van der Waals surface area contributed by atoms with Crippen LogP contribution in [0.25, 0.3) is 5.57 Å². The van der Waals surface area contributed by atoms with Crippen molar-refractivity contribution in [2.75, 3.05) is 0 Å². The Kier molecular flexibility index (Phi) is 4.12. The van der Waals surface area contributed by atoms with Crippen LogP contribution in [0.5, 0.6) is 0 Å². The Labute approximate surface area is 102 Å². The van der Waals surface area contributed by atoms with E-state index in [0.717, 1.165) is 5.56 Å². The molecule has 0 N–H and O–H groups in total. The molecule has 0 aliphatic heterocycles. The van der Waals surface area contributed by atoms with Gasteiger partial charge in [0.05, 0.1) is 0 Å². The fourth-order valence-corrected chi connectivity index (χ4v) is 1.28. The number of carbonyl (C=O) groups excluding carboxylic acids is 1. The molecule has 0 aromatic heterocycles. The first-order valence-corrected chi connectivity index (χ1v) is 5.39. The van der Waals surface area contributed by atoms with Crippen molar-refractivity contribution in [2.45, 2.75) is 26.4 Å². The Morgan fingerprint density at radius 2 is 1.88 bits per heavy atom. The molecule has 1 rings (SSSR count). The molecule has 1 aromatic rings. The first-order valence-electron chi connectivity index (χ1n) is 5.39. The third-order valence-corrected chi connectivity index (χ3v) is 1.91. The van der Waals surface area contributed by atoms with Gasteiger partial charge in [0.15, 0.2) is 0 Å². The molecule has 17 heavy (non-hydrogen) atoms. The van der Waals surface area contributed by atoms with E-state index in [-0.39, 0.29) is 0 Å². The molecule has 0 atom stereocenters. The topological polar surface area (TPSA) is 26.3 Å². The minimum absolute atomic E-state index is 0.422. The van der Waals surface area contributed by atoms with Crippen molar-refractivity contribution in [3.05, 3.63) is 42.0 Å². The predicted molar refractivity (Wildman–Crippen MR) is 69.1 cm³/mol.